The van der Waals surface area contributed by atoms with Crippen molar-refractivity contribution in [1.82, 2.24) is 4.98 Å². The minimum atomic E-state index is -1.59. The molecule has 0 aliphatic heterocycles. The summed E-state index contributed by atoms with van der Waals surface area (Å²) in [7, 11) is 1.47. The highest BCUT2D eigenvalue weighted by molar-refractivity contribution is 5.25. The Morgan fingerprint density at radius 1 is 1.15 bits per heavy atom. The van der Waals surface area contributed by atoms with Gasteiger partial charge in [0.05, 0.1) is 13.2 Å². The molecule has 2 rings (SSSR count). The Labute approximate surface area is 113 Å². The molecule has 0 bridgehead atoms. The number of rotatable bonds is 4. The van der Waals surface area contributed by atoms with Crippen molar-refractivity contribution in [2.24, 2.45) is 0 Å². The molecule has 0 saturated heterocycles. The van der Waals surface area contributed by atoms with Gasteiger partial charge in [0.15, 0.2) is 17.5 Å². The van der Waals surface area contributed by atoms with Gasteiger partial charge in [-0.1, -0.05) is 12.1 Å². The first kappa shape index (κ1) is 14.3. The van der Waals surface area contributed by atoms with E-state index in [-0.39, 0.29) is 12.0 Å². The lowest BCUT2D eigenvalue weighted by Crippen LogP contribution is -2.07. The first-order valence-electron chi connectivity index (χ1n) is 5.83. The Morgan fingerprint density at radius 3 is 2.50 bits per heavy atom. The summed E-state index contributed by atoms with van der Waals surface area (Å²) in [5.74, 6) is -3.85. The lowest BCUT2D eigenvalue weighted by Gasteiger charge is -2.12. The predicted molar refractivity (Wildman–Crippen MR) is 65.8 cm³/mol. The van der Waals surface area contributed by atoms with Crippen molar-refractivity contribution in [3.8, 4) is 5.88 Å². The van der Waals surface area contributed by atoms with Crippen LogP contribution < -0.4 is 4.74 Å². The number of benzene rings is 1. The molecule has 0 radical (unpaired) electrons. The summed E-state index contributed by atoms with van der Waals surface area (Å²) in [4.78, 5) is 3.94. The number of aromatic nitrogens is 1. The van der Waals surface area contributed by atoms with Crippen LogP contribution in [0.4, 0.5) is 13.2 Å². The quantitative estimate of drug-likeness (QED) is 0.877. The molecular formula is C14H12F3NO2. The van der Waals surface area contributed by atoms with Gasteiger partial charge in [-0.25, -0.2) is 18.2 Å². The van der Waals surface area contributed by atoms with Gasteiger partial charge >= 0.3 is 0 Å². The number of aliphatic hydroxyl groups is 1. The maximum atomic E-state index is 13.5. The molecule has 1 unspecified atom stereocenters. The summed E-state index contributed by atoms with van der Waals surface area (Å²) in [6.45, 7) is 0. The number of hydrogen-bond donors (Lipinski definition) is 1. The zero-order chi connectivity index (χ0) is 14.7. The molecule has 106 valence electrons. The van der Waals surface area contributed by atoms with Crippen LogP contribution in [0.1, 0.15) is 17.2 Å². The van der Waals surface area contributed by atoms with Crippen molar-refractivity contribution in [3.05, 3.63) is 59.0 Å². The molecule has 20 heavy (non-hydrogen) atoms. The van der Waals surface area contributed by atoms with Gasteiger partial charge < -0.3 is 9.84 Å². The van der Waals surface area contributed by atoms with E-state index in [4.69, 9.17) is 4.74 Å². The summed E-state index contributed by atoms with van der Waals surface area (Å²) >= 11 is 0. The summed E-state index contributed by atoms with van der Waals surface area (Å²) in [5.41, 5.74) is 0.321. The molecule has 1 N–H and O–H groups in total. The number of ether oxygens (including phenoxy) is 1. The van der Waals surface area contributed by atoms with Crippen LogP contribution in [0.3, 0.4) is 0 Å². The van der Waals surface area contributed by atoms with Crippen molar-refractivity contribution in [1.29, 1.82) is 0 Å². The molecule has 0 fully saturated rings. The summed E-state index contributed by atoms with van der Waals surface area (Å²) in [5, 5.41) is 9.91. The monoisotopic (exact) mass is 283 g/mol. The fourth-order valence-corrected chi connectivity index (χ4v) is 1.78. The molecule has 2 aromatic rings. The van der Waals surface area contributed by atoms with Crippen LogP contribution in [0.25, 0.3) is 0 Å². The first-order valence-corrected chi connectivity index (χ1v) is 5.83. The van der Waals surface area contributed by atoms with Gasteiger partial charge in [0.1, 0.15) is 0 Å². The molecule has 1 atom stereocenters. The topological polar surface area (TPSA) is 42.4 Å². The van der Waals surface area contributed by atoms with E-state index in [1.54, 1.807) is 12.1 Å². The number of halogens is 3. The van der Waals surface area contributed by atoms with Crippen molar-refractivity contribution >= 4 is 0 Å². The van der Waals surface area contributed by atoms with Crippen LogP contribution in [0.5, 0.6) is 5.88 Å². The maximum absolute atomic E-state index is 13.5. The zero-order valence-electron chi connectivity index (χ0n) is 10.6. The highest BCUT2D eigenvalue weighted by atomic mass is 19.2. The minimum Gasteiger partial charge on any atom is -0.481 e. The van der Waals surface area contributed by atoms with Gasteiger partial charge in [-0.05, 0) is 11.6 Å². The third kappa shape index (κ3) is 2.91. The fourth-order valence-electron chi connectivity index (χ4n) is 1.78. The molecule has 0 spiro atoms. The van der Waals surface area contributed by atoms with Crippen LogP contribution in [0, 0.1) is 17.5 Å². The molecule has 0 amide bonds. The second-order valence-corrected chi connectivity index (χ2v) is 4.19. The summed E-state index contributed by atoms with van der Waals surface area (Å²) < 4.78 is 44.3. The average molecular weight is 283 g/mol. The van der Waals surface area contributed by atoms with Gasteiger partial charge in [-0.2, -0.15) is 0 Å². The SMILES string of the molecule is COc1ccc(CC(O)c2ccc(F)c(F)c2F)cn1. The van der Waals surface area contributed by atoms with E-state index >= 15 is 0 Å². The van der Waals surface area contributed by atoms with Crippen molar-refractivity contribution in [2.45, 2.75) is 12.5 Å². The molecule has 1 aromatic carbocycles. The van der Waals surface area contributed by atoms with Crippen LogP contribution in [0.2, 0.25) is 0 Å². The normalized spacial score (nSPS) is 12.2. The highest BCUT2D eigenvalue weighted by Gasteiger charge is 2.19. The Morgan fingerprint density at radius 2 is 1.90 bits per heavy atom. The van der Waals surface area contributed by atoms with E-state index in [1.165, 1.54) is 13.3 Å². The van der Waals surface area contributed by atoms with E-state index < -0.39 is 23.6 Å². The number of hydrogen-bond acceptors (Lipinski definition) is 3. The lowest BCUT2D eigenvalue weighted by molar-refractivity contribution is 0.171. The van der Waals surface area contributed by atoms with Gasteiger partial charge in [-0.15, -0.1) is 0 Å². The molecular weight excluding hydrogens is 271 g/mol. The molecule has 3 nitrogen and oxygen atoms in total. The third-order valence-corrected chi connectivity index (χ3v) is 2.86. The fraction of sp³-hybridized carbons (Fsp3) is 0.214. The molecule has 0 aliphatic carbocycles. The standard InChI is InChI=1S/C14H12F3NO2/c1-20-12-5-2-8(7-18-12)6-11(19)9-3-4-10(15)14(17)13(9)16/h2-5,7,11,19H,6H2,1H3. The zero-order valence-corrected chi connectivity index (χ0v) is 10.6. The number of nitrogens with zero attached hydrogens (tertiary/aromatic N) is 1. The van der Waals surface area contributed by atoms with Crippen molar-refractivity contribution < 1.29 is 23.0 Å². The number of pyridine rings is 1. The van der Waals surface area contributed by atoms with Crippen molar-refractivity contribution in [2.75, 3.05) is 7.11 Å². The van der Waals surface area contributed by atoms with Gasteiger partial charge in [0, 0.05) is 24.2 Å². The molecule has 0 saturated carbocycles. The second kappa shape index (κ2) is 5.92. The van der Waals surface area contributed by atoms with Crippen molar-refractivity contribution in [3.63, 3.8) is 0 Å². The largest absolute Gasteiger partial charge is 0.481 e. The summed E-state index contributed by atoms with van der Waals surface area (Å²) in [6.07, 6.45) is 0.194. The van der Waals surface area contributed by atoms with Crippen LogP contribution in [-0.4, -0.2) is 17.2 Å². The molecule has 1 heterocycles. The van der Waals surface area contributed by atoms with Crippen LogP contribution in [0.15, 0.2) is 30.5 Å². The predicted octanol–water partition coefficient (Wildman–Crippen LogP) is 2.78. The first-order chi connectivity index (χ1) is 9.52. The lowest BCUT2D eigenvalue weighted by atomic mass is 10.0. The molecule has 0 aliphatic rings. The van der Waals surface area contributed by atoms with E-state index in [1.807, 2.05) is 0 Å². The summed E-state index contributed by atoms with van der Waals surface area (Å²) in [6, 6.07) is 5.04. The van der Waals surface area contributed by atoms with Gasteiger partial charge in [0.2, 0.25) is 5.88 Å². The maximum Gasteiger partial charge on any atom is 0.212 e. The van der Waals surface area contributed by atoms with E-state index in [2.05, 4.69) is 4.98 Å². The average Bonchev–Trinajstić information content (AvgIpc) is 2.45. The highest BCUT2D eigenvalue weighted by Crippen LogP contribution is 2.24. The smallest absolute Gasteiger partial charge is 0.212 e. The number of aliphatic hydroxyl groups excluding tert-OH is 1. The minimum absolute atomic E-state index is 0.0268. The number of methoxy groups -OCH3 is 1. The van der Waals surface area contributed by atoms with Crippen LogP contribution >= 0.6 is 0 Å². The van der Waals surface area contributed by atoms with E-state index in [0.29, 0.717) is 11.4 Å². The molecule has 6 heteroatoms. The Balaban J connectivity index is 2.19. The molecule has 1 aromatic heterocycles. The van der Waals surface area contributed by atoms with Gasteiger partial charge in [-0.3, -0.25) is 0 Å². The Bertz CT molecular complexity index is 602. The van der Waals surface area contributed by atoms with E-state index in [9.17, 15) is 18.3 Å². The van der Waals surface area contributed by atoms with Gasteiger partial charge in [0.25, 0.3) is 0 Å². The van der Waals surface area contributed by atoms with E-state index in [0.717, 1.165) is 12.1 Å². The van der Waals surface area contributed by atoms with Crippen LogP contribution in [-0.2, 0) is 6.42 Å². The third-order valence-electron chi connectivity index (χ3n) is 2.86. The Kier molecular flexibility index (Phi) is 4.24. The Hall–Kier alpha value is -2.08. The second-order valence-electron chi connectivity index (χ2n) is 4.19.